The molecule has 0 amide bonds. The summed E-state index contributed by atoms with van der Waals surface area (Å²) in [6, 6.07) is 41.9. The highest BCUT2D eigenvalue weighted by molar-refractivity contribution is 5.75. The first kappa shape index (κ1) is 46.4. The lowest BCUT2D eigenvalue weighted by atomic mass is 9.75. The van der Waals surface area contributed by atoms with Crippen molar-refractivity contribution in [3.63, 3.8) is 0 Å². The van der Waals surface area contributed by atoms with E-state index in [9.17, 15) is 0 Å². The summed E-state index contributed by atoms with van der Waals surface area (Å²) >= 11 is 0. The van der Waals surface area contributed by atoms with Crippen molar-refractivity contribution >= 4 is 17.4 Å². The van der Waals surface area contributed by atoms with Crippen LogP contribution >= 0.6 is 0 Å². The molecule has 12 nitrogen and oxygen atoms in total. The van der Waals surface area contributed by atoms with Gasteiger partial charge in [-0.3, -0.25) is 42.5 Å². The van der Waals surface area contributed by atoms with Crippen LogP contribution in [0.25, 0.3) is 0 Å². The molecule has 0 radical (unpaired) electrons. The molecule has 8 N–H and O–H groups in total. The van der Waals surface area contributed by atoms with Crippen LogP contribution in [0.5, 0.6) is 23.0 Å². The molecule has 9 fully saturated rings. The average Bonchev–Trinajstić information content (AvgIpc) is 4.10. The Morgan fingerprint density at radius 3 is 0.638 bits per heavy atom. The Balaban J connectivity index is 0.00000492. The highest BCUT2D eigenvalue weighted by atomic mass is 27.0. The minimum atomic E-state index is 0. The second kappa shape index (κ2) is 20.4. The number of benzene rings is 4. The van der Waals surface area contributed by atoms with Gasteiger partial charge in [-0.15, -0.1) is 0 Å². The van der Waals surface area contributed by atoms with Crippen LogP contribution in [0.4, 0.5) is 0 Å². The molecule has 12 unspecified atom stereocenters. The van der Waals surface area contributed by atoms with Gasteiger partial charge in [0.25, 0.3) is 0 Å². The van der Waals surface area contributed by atoms with E-state index in [0.29, 0.717) is 47.3 Å². The van der Waals surface area contributed by atoms with E-state index in [0.717, 1.165) is 100 Å². The summed E-state index contributed by atoms with van der Waals surface area (Å²) in [5.41, 5.74) is 0. The van der Waals surface area contributed by atoms with Gasteiger partial charge in [-0.25, -0.2) is 0 Å². The largest absolute Gasteiger partial charge is 0.490 e. The number of fused-ring (bicyclic) bond motifs is 20. The second-order valence-electron chi connectivity index (χ2n) is 21.9. The standard InChI is InChI=1S/C56H72N8O4.Al.3H/c1-5-13-33(14-6-1)65-37-21-25-41-45(29-37)53-57-49(41)62-54-47-31-39(67-35-17-9-3-10-18-35)23-27-43(47)51(59-54)64-56-48-32-40(68-36-19-11-4-12-20-36)24-28-44(48)52(60-56)63-55-46-30-38(66-34-15-7-2-8-16-34)22-26-42(46)50(58-55)61-53;;;;/h1-20,37-64H,21-32H2;;;;. The molecule has 366 valence electrons. The van der Waals surface area contributed by atoms with E-state index in [2.05, 4.69) is 164 Å². The SMILES string of the molecule is [AlH3].c1ccc(OC2CCC3C4NC(NC5NC(NC6NC(NC7NC(N4)C4CC(Oc8ccccc8)CCC74)C4CC(Oc7ccccc7)CCC64)C4CC(Oc6ccccc6)CCC54)C3C2)cc1. The predicted octanol–water partition coefficient (Wildman–Crippen LogP) is 5.65. The number of nitrogens with one attached hydrogen (secondary N) is 8. The summed E-state index contributed by atoms with van der Waals surface area (Å²) in [6.45, 7) is 0. The van der Waals surface area contributed by atoms with Crippen molar-refractivity contribution in [3.05, 3.63) is 121 Å². The van der Waals surface area contributed by atoms with Crippen molar-refractivity contribution in [2.24, 2.45) is 47.3 Å². The van der Waals surface area contributed by atoms with Gasteiger partial charge in [-0.2, -0.15) is 0 Å². The van der Waals surface area contributed by atoms with Crippen LogP contribution in [0.15, 0.2) is 121 Å². The molecular formula is C56H75AlN8O4. The smallest absolute Gasteiger partial charge is 0.187 e. The summed E-state index contributed by atoms with van der Waals surface area (Å²) in [4.78, 5) is 0. The minimum Gasteiger partial charge on any atom is -0.490 e. The molecule has 8 bridgehead atoms. The number of hydrogen-bond donors (Lipinski definition) is 8. The van der Waals surface area contributed by atoms with Crippen molar-refractivity contribution in [1.29, 1.82) is 0 Å². The van der Waals surface area contributed by atoms with E-state index < -0.39 is 0 Å². The fourth-order valence-electron chi connectivity index (χ4n) is 15.0. The molecule has 4 aromatic rings. The molecule has 5 saturated heterocycles. The van der Waals surface area contributed by atoms with E-state index in [1.54, 1.807) is 0 Å². The monoisotopic (exact) mass is 951 g/mol. The molecule has 13 rings (SSSR count). The van der Waals surface area contributed by atoms with Crippen molar-refractivity contribution in [2.75, 3.05) is 0 Å². The maximum Gasteiger partial charge on any atom is 0.187 e. The quantitative estimate of drug-likeness (QED) is 0.104. The zero-order valence-electron chi connectivity index (χ0n) is 39.2. The van der Waals surface area contributed by atoms with Crippen LogP contribution in [-0.4, -0.2) is 91.1 Å². The topological polar surface area (TPSA) is 133 Å². The van der Waals surface area contributed by atoms with Gasteiger partial charge in [0, 0.05) is 0 Å². The first-order valence-corrected chi connectivity index (χ1v) is 26.6. The molecule has 12 atom stereocenters. The van der Waals surface area contributed by atoms with Crippen LogP contribution in [-0.2, 0) is 0 Å². The van der Waals surface area contributed by atoms with Crippen molar-refractivity contribution in [3.8, 4) is 23.0 Å². The third-order valence-corrected chi connectivity index (χ3v) is 18.1. The summed E-state index contributed by atoms with van der Waals surface area (Å²) < 4.78 is 27.0. The fourth-order valence-corrected chi connectivity index (χ4v) is 15.0. The molecule has 4 aliphatic carbocycles. The van der Waals surface area contributed by atoms with Crippen molar-refractivity contribution in [1.82, 2.24) is 42.5 Å². The maximum atomic E-state index is 6.76. The Morgan fingerprint density at radius 1 is 0.246 bits per heavy atom. The number of ether oxygens (including phenoxy) is 4. The Bertz CT molecular complexity index is 1960. The van der Waals surface area contributed by atoms with E-state index in [1.165, 1.54) is 0 Å². The number of rotatable bonds is 8. The third kappa shape index (κ3) is 9.71. The molecule has 13 heteroatoms. The Kier molecular flexibility index (Phi) is 13.7. The first-order valence-electron chi connectivity index (χ1n) is 26.6. The van der Waals surface area contributed by atoms with Crippen LogP contribution in [0, 0.1) is 47.3 Å². The maximum absolute atomic E-state index is 6.76. The average molecular weight is 951 g/mol. The second-order valence-corrected chi connectivity index (χ2v) is 21.9. The lowest BCUT2D eigenvalue weighted by molar-refractivity contribution is 0.0625. The molecule has 5 aliphatic heterocycles. The molecule has 9 aliphatic rings. The summed E-state index contributed by atoms with van der Waals surface area (Å²) in [7, 11) is 0. The van der Waals surface area contributed by atoms with Gasteiger partial charge in [0.2, 0.25) is 0 Å². The molecule has 4 aromatic carbocycles. The van der Waals surface area contributed by atoms with Crippen LogP contribution in [0.2, 0.25) is 0 Å². The van der Waals surface area contributed by atoms with Gasteiger partial charge in [-0.1, -0.05) is 72.8 Å². The third-order valence-electron chi connectivity index (χ3n) is 18.1. The lowest BCUT2D eigenvalue weighted by Gasteiger charge is -2.39. The highest BCUT2D eigenvalue weighted by Crippen LogP contribution is 2.47. The lowest BCUT2D eigenvalue weighted by Crippen LogP contribution is -2.61. The van der Waals surface area contributed by atoms with Crippen LogP contribution in [0.3, 0.4) is 0 Å². The Labute approximate surface area is 419 Å². The molecule has 5 heterocycles. The number of hydrogen-bond acceptors (Lipinski definition) is 12. The van der Waals surface area contributed by atoms with E-state index in [4.69, 9.17) is 18.9 Å². The summed E-state index contributed by atoms with van der Waals surface area (Å²) in [5, 5.41) is 34.4. The van der Waals surface area contributed by atoms with Gasteiger partial charge < -0.3 is 18.9 Å². The molecular weight excluding hydrogens is 876 g/mol. The van der Waals surface area contributed by atoms with Gasteiger partial charge in [0.05, 0.1) is 73.7 Å². The molecule has 69 heavy (non-hydrogen) atoms. The summed E-state index contributed by atoms with van der Waals surface area (Å²) in [5.74, 6) is 7.41. The van der Waals surface area contributed by atoms with Gasteiger partial charge in [0.1, 0.15) is 23.0 Å². The normalized spacial score (nSPS) is 42.1. The Morgan fingerprint density at radius 2 is 0.435 bits per heavy atom. The molecule has 0 aromatic heterocycles. The number of para-hydroxylation sites is 4. The zero-order chi connectivity index (χ0) is 45.0. The first-order chi connectivity index (χ1) is 33.6. The molecule has 0 spiro atoms. The predicted molar refractivity (Wildman–Crippen MR) is 272 cm³/mol. The van der Waals surface area contributed by atoms with Crippen molar-refractivity contribution in [2.45, 2.75) is 151 Å². The minimum absolute atomic E-state index is 0. The zero-order valence-corrected chi connectivity index (χ0v) is 39.2. The van der Waals surface area contributed by atoms with E-state index >= 15 is 0 Å². The van der Waals surface area contributed by atoms with E-state index in [1.807, 2.05) is 0 Å². The summed E-state index contributed by atoms with van der Waals surface area (Å²) in [6.07, 6.45) is 14.6. The molecule has 4 saturated carbocycles. The van der Waals surface area contributed by atoms with E-state index in [-0.39, 0.29) is 91.1 Å². The fraction of sp³-hybridized carbons (Fsp3) is 0.571. The van der Waals surface area contributed by atoms with Crippen LogP contribution in [0.1, 0.15) is 77.0 Å². The van der Waals surface area contributed by atoms with Gasteiger partial charge in [0.15, 0.2) is 17.4 Å². The Hall–Kier alpha value is -3.71. The van der Waals surface area contributed by atoms with Gasteiger partial charge in [-0.05, 0) is 173 Å². The van der Waals surface area contributed by atoms with Gasteiger partial charge >= 0.3 is 0 Å². The van der Waals surface area contributed by atoms with Crippen LogP contribution < -0.4 is 61.5 Å². The van der Waals surface area contributed by atoms with Crippen molar-refractivity contribution < 1.29 is 18.9 Å². The highest BCUT2D eigenvalue weighted by Gasteiger charge is 2.56.